The van der Waals surface area contributed by atoms with E-state index < -0.39 is 24.8 Å². The van der Waals surface area contributed by atoms with Crippen LogP contribution in [0.5, 0.6) is 0 Å². The van der Waals surface area contributed by atoms with Crippen molar-refractivity contribution in [1.29, 1.82) is 0 Å². The fourth-order valence-corrected chi connectivity index (χ4v) is 4.02. The Morgan fingerprint density at radius 3 is 1.45 bits per heavy atom. The molecule has 2 heterocycles. The minimum Gasteiger partial charge on any atom is -0.392 e. The molecule has 22 heavy (non-hydrogen) atoms. The zero-order valence-corrected chi connectivity index (χ0v) is 13.0. The Labute approximate surface area is 133 Å². The molecule has 3 rings (SSSR count). The molecule has 0 aliphatic rings. The van der Waals surface area contributed by atoms with Crippen molar-refractivity contribution in [2.45, 2.75) is 13.2 Å². The Morgan fingerprint density at radius 1 is 0.773 bits per heavy atom. The van der Waals surface area contributed by atoms with Crippen LogP contribution >= 0.6 is 22.7 Å². The highest BCUT2D eigenvalue weighted by Crippen LogP contribution is 2.41. The van der Waals surface area contributed by atoms with Crippen molar-refractivity contribution in [2.75, 3.05) is 0 Å². The smallest absolute Gasteiger partial charge is 0.138 e. The molecule has 1 aromatic carbocycles. The van der Waals surface area contributed by atoms with Gasteiger partial charge < -0.3 is 10.2 Å². The van der Waals surface area contributed by atoms with Crippen LogP contribution in [-0.2, 0) is 13.2 Å². The molecule has 0 aliphatic heterocycles. The van der Waals surface area contributed by atoms with Crippen molar-refractivity contribution in [2.24, 2.45) is 0 Å². The van der Waals surface area contributed by atoms with E-state index in [2.05, 4.69) is 0 Å². The summed E-state index contributed by atoms with van der Waals surface area (Å²) in [4.78, 5) is 1.04. The molecule has 2 nitrogen and oxygen atoms in total. The summed E-state index contributed by atoms with van der Waals surface area (Å²) in [6.45, 7) is -1.22. The van der Waals surface area contributed by atoms with E-state index in [1.54, 1.807) is 35.0 Å². The average molecular weight is 338 g/mol. The van der Waals surface area contributed by atoms with Gasteiger partial charge in [-0.1, -0.05) is 12.1 Å². The molecule has 0 amide bonds. The van der Waals surface area contributed by atoms with E-state index in [0.717, 1.165) is 0 Å². The van der Waals surface area contributed by atoms with Crippen LogP contribution in [0.1, 0.15) is 11.1 Å². The molecule has 0 atom stereocenters. The highest BCUT2D eigenvalue weighted by Gasteiger charge is 2.26. The monoisotopic (exact) mass is 338 g/mol. The largest absolute Gasteiger partial charge is 0.392 e. The molecule has 0 saturated carbocycles. The molecule has 0 radical (unpaired) electrons. The minimum absolute atomic E-state index is 0.0272. The first kappa shape index (κ1) is 15.3. The van der Waals surface area contributed by atoms with E-state index in [-0.39, 0.29) is 22.3 Å². The first-order valence-corrected chi connectivity index (χ1v) is 8.27. The quantitative estimate of drug-likeness (QED) is 0.740. The van der Waals surface area contributed by atoms with Crippen LogP contribution in [0.4, 0.5) is 8.78 Å². The fraction of sp³-hybridized carbons (Fsp3) is 0.125. The summed E-state index contributed by atoms with van der Waals surface area (Å²) in [6.07, 6.45) is 0. The van der Waals surface area contributed by atoms with Gasteiger partial charge in [-0.05, 0) is 22.9 Å². The van der Waals surface area contributed by atoms with Gasteiger partial charge in [-0.15, -0.1) is 22.7 Å². The Hall–Kier alpha value is -1.60. The van der Waals surface area contributed by atoms with Gasteiger partial charge in [0.25, 0.3) is 0 Å². The summed E-state index contributed by atoms with van der Waals surface area (Å²) in [7, 11) is 0. The third kappa shape index (κ3) is 2.38. The van der Waals surface area contributed by atoms with Crippen LogP contribution in [-0.4, -0.2) is 10.2 Å². The van der Waals surface area contributed by atoms with Crippen molar-refractivity contribution in [3.8, 4) is 20.9 Å². The lowest BCUT2D eigenvalue weighted by Crippen LogP contribution is -2.06. The molecular weight excluding hydrogens is 326 g/mol. The Balaban J connectivity index is 2.38. The van der Waals surface area contributed by atoms with Gasteiger partial charge in [0.1, 0.15) is 11.6 Å². The molecule has 2 aromatic heterocycles. The van der Waals surface area contributed by atoms with E-state index in [1.165, 1.54) is 22.7 Å². The molecule has 114 valence electrons. The van der Waals surface area contributed by atoms with Gasteiger partial charge in [-0.2, -0.15) is 0 Å². The molecular formula is C16H12F2O2S2. The summed E-state index contributed by atoms with van der Waals surface area (Å²) in [6, 6.07) is 6.77. The third-order valence-electron chi connectivity index (χ3n) is 3.42. The molecule has 0 aliphatic carbocycles. The maximum Gasteiger partial charge on any atom is 0.138 e. The predicted octanol–water partition coefficient (Wildman–Crippen LogP) is 4.41. The van der Waals surface area contributed by atoms with Gasteiger partial charge >= 0.3 is 0 Å². The summed E-state index contributed by atoms with van der Waals surface area (Å²) < 4.78 is 29.8. The number of hydrogen-bond acceptors (Lipinski definition) is 4. The maximum atomic E-state index is 14.9. The van der Waals surface area contributed by atoms with Gasteiger partial charge in [0.2, 0.25) is 0 Å². The van der Waals surface area contributed by atoms with Crippen molar-refractivity contribution >= 4 is 22.7 Å². The molecule has 0 bridgehead atoms. The van der Waals surface area contributed by atoms with E-state index >= 15 is 0 Å². The number of aliphatic hydroxyl groups excluding tert-OH is 2. The fourth-order valence-electron chi connectivity index (χ4n) is 2.44. The Bertz CT molecular complexity index is 713. The van der Waals surface area contributed by atoms with E-state index in [4.69, 9.17) is 0 Å². The first-order chi connectivity index (χ1) is 10.7. The third-order valence-corrected chi connectivity index (χ3v) is 5.20. The Kier molecular flexibility index (Phi) is 4.35. The number of aliphatic hydroxyl groups is 2. The molecule has 3 aromatic rings. The number of thiophene rings is 2. The normalized spacial score (nSPS) is 11.1. The van der Waals surface area contributed by atoms with Gasteiger partial charge in [0.15, 0.2) is 0 Å². The standard InChI is InChI=1S/C16H12F2O2S2/c17-15-10(8-20)14(12-4-2-6-22-12)16(18)9(7-19)13(15)11-3-1-5-21-11/h1-6,19-20H,7-8H2. The predicted molar refractivity (Wildman–Crippen MR) is 84.8 cm³/mol. The van der Waals surface area contributed by atoms with Crippen LogP contribution in [0, 0.1) is 11.6 Å². The second-order valence-corrected chi connectivity index (χ2v) is 6.50. The van der Waals surface area contributed by atoms with E-state index in [0.29, 0.717) is 9.75 Å². The van der Waals surface area contributed by atoms with Crippen LogP contribution in [0.15, 0.2) is 35.0 Å². The zero-order chi connectivity index (χ0) is 15.7. The first-order valence-electron chi connectivity index (χ1n) is 6.51. The second kappa shape index (κ2) is 6.26. The molecule has 0 saturated heterocycles. The highest BCUT2D eigenvalue weighted by molar-refractivity contribution is 7.14. The van der Waals surface area contributed by atoms with Gasteiger partial charge in [-0.3, -0.25) is 0 Å². The highest BCUT2D eigenvalue weighted by atomic mass is 32.1. The molecule has 0 unspecified atom stereocenters. The van der Waals surface area contributed by atoms with Crippen molar-refractivity contribution in [3.63, 3.8) is 0 Å². The minimum atomic E-state index is -0.682. The van der Waals surface area contributed by atoms with Crippen LogP contribution < -0.4 is 0 Å². The molecule has 0 fully saturated rings. The van der Waals surface area contributed by atoms with Gasteiger partial charge in [-0.25, -0.2) is 8.78 Å². The number of halogens is 2. The number of rotatable bonds is 4. The molecule has 6 heteroatoms. The maximum absolute atomic E-state index is 14.9. The van der Waals surface area contributed by atoms with Gasteiger partial charge in [0, 0.05) is 32.0 Å². The topological polar surface area (TPSA) is 40.5 Å². The molecule has 2 N–H and O–H groups in total. The lowest BCUT2D eigenvalue weighted by molar-refractivity contribution is 0.269. The lowest BCUT2D eigenvalue weighted by atomic mass is 9.95. The summed E-state index contributed by atoms with van der Waals surface area (Å²) >= 11 is 2.51. The van der Waals surface area contributed by atoms with Crippen LogP contribution in [0.3, 0.4) is 0 Å². The zero-order valence-electron chi connectivity index (χ0n) is 11.3. The van der Waals surface area contributed by atoms with Gasteiger partial charge in [0.05, 0.1) is 13.2 Å². The SMILES string of the molecule is OCc1c(F)c(-c2cccs2)c(CO)c(F)c1-c1cccs1. The average Bonchev–Trinajstić information content (AvgIpc) is 3.21. The molecule has 0 spiro atoms. The number of hydrogen-bond donors (Lipinski definition) is 2. The Morgan fingerprint density at radius 2 is 1.18 bits per heavy atom. The van der Waals surface area contributed by atoms with Crippen molar-refractivity contribution in [1.82, 2.24) is 0 Å². The summed E-state index contributed by atoms with van der Waals surface area (Å²) in [5.41, 5.74) is -0.111. The summed E-state index contributed by atoms with van der Waals surface area (Å²) in [5, 5.41) is 22.6. The van der Waals surface area contributed by atoms with E-state index in [1.807, 2.05) is 0 Å². The lowest BCUT2D eigenvalue weighted by Gasteiger charge is -2.16. The van der Waals surface area contributed by atoms with Crippen molar-refractivity contribution < 1.29 is 19.0 Å². The summed E-state index contributed by atoms with van der Waals surface area (Å²) in [5.74, 6) is -1.36. The van der Waals surface area contributed by atoms with Crippen molar-refractivity contribution in [3.05, 3.63) is 57.8 Å². The number of benzene rings is 1. The van der Waals surface area contributed by atoms with Crippen LogP contribution in [0.25, 0.3) is 20.9 Å². The van der Waals surface area contributed by atoms with Crippen LogP contribution in [0.2, 0.25) is 0 Å². The second-order valence-electron chi connectivity index (χ2n) is 4.61. The van der Waals surface area contributed by atoms with E-state index in [9.17, 15) is 19.0 Å².